The monoisotopic (exact) mass is 226 g/mol. The van der Waals surface area contributed by atoms with Crippen molar-refractivity contribution in [1.29, 1.82) is 0 Å². The lowest BCUT2D eigenvalue weighted by atomic mass is 9.94. The summed E-state index contributed by atoms with van der Waals surface area (Å²) in [5.41, 5.74) is 6.25. The normalized spacial score (nSPS) is 37.5. The van der Waals surface area contributed by atoms with Crippen molar-refractivity contribution in [3.63, 3.8) is 0 Å². The third kappa shape index (κ3) is 2.96. The van der Waals surface area contributed by atoms with E-state index in [1.54, 1.807) is 0 Å². The quantitative estimate of drug-likeness (QED) is 0.714. The minimum atomic E-state index is 0.321. The maximum atomic E-state index is 9.31. The maximum Gasteiger partial charge on any atom is 0.0586 e. The highest BCUT2D eigenvalue weighted by Gasteiger charge is 2.28. The van der Waals surface area contributed by atoms with Gasteiger partial charge in [-0.1, -0.05) is 19.3 Å². The molecule has 3 atom stereocenters. The first-order chi connectivity index (χ1) is 7.81. The molecule has 0 aromatic rings. The van der Waals surface area contributed by atoms with Crippen molar-refractivity contribution in [3.8, 4) is 0 Å². The molecule has 16 heavy (non-hydrogen) atoms. The third-order valence-corrected chi connectivity index (χ3v) is 4.40. The smallest absolute Gasteiger partial charge is 0.0586 e. The van der Waals surface area contributed by atoms with Gasteiger partial charge in [-0.05, 0) is 38.1 Å². The Morgan fingerprint density at radius 3 is 2.69 bits per heavy atom. The lowest BCUT2D eigenvalue weighted by molar-refractivity contribution is 0.133. The first-order valence-electron chi connectivity index (χ1n) is 6.91. The average Bonchev–Trinajstić information content (AvgIpc) is 2.64. The number of nitrogens with zero attached hydrogens (tertiary/aromatic N) is 1. The summed E-state index contributed by atoms with van der Waals surface area (Å²) in [5.74, 6) is 0.662. The second-order valence-electron chi connectivity index (χ2n) is 5.54. The molecule has 1 heterocycles. The Balaban J connectivity index is 1.86. The Labute approximate surface area is 99.0 Å². The Kier molecular flexibility index (Phi) is 4.62. The molecule has 3 nitrogen and oxygen atoms in total. The van der Waals surface area contributed by atoms with E-state index < -0.39 is 0 Å². The molecular formula is C13H26N2O. The molecule has 94 valence electrons. The van der Waals surface area contributed by atoms with E-state index in [9.17, 15) is 5.11 Å². The Bertz CT molecular complexity index is 210. The van der Waals surface area contributed by atoms with Crippen molar-refractivity contribution in [1.82, 2.24) is 4.90 Å². The number of likely N-dealkylation sites (tertiary alicyclic amines) is 1. The van der Waals surface area contributed by atoms with Gasteiger partial charge in [0.1, 0.15) is 0 Å². The Morgan fingerprint density at radius 2 is 1.88 bits per heavy atom. The summed E-state index contributed by atoms with van der Waals surface area (Å²) in [6.45, 7) is 2.60. The minimum absolute atomic E-state index is 0.321. The van der Waals surface area contributed by atoms with Crippen molar-refractivity contribution < 1.29 is 5.11 Å². The minimum Gasteiger partial charge on any atom is -0.395 e. The largest absolute Gasteiger partial charge is 0.395 e. The van der Waals surface area contributed by atoms with Crippen LogP contribution < -0.4 is 5.73 Å². The highest BCUT2D eigenvalue weighted by molar-refractivity contribution is 4.84. The molecule has 0 aromatic carbocycles. The van der Waals surface area contributed by atoms with Gasteiger partial charge in [-0.15, -0.1) is 0 Å². The Morgan fingerprint density at radius 1 is 1.06 bits per heavy atom. The lowest BCUT2D eigenvalue weighted by Gasteiger charge is -2.30. The van der Waals surface area contributed by atoms with E-state index in [-0.39, 0.29) is 0 Å². The molecule has 2 rings (SSSR count). The first-order valence-corrected chi connectivity index (χ1v) is 6.91. The molecular weight excluding hydrogens is 200 g/mol. The molecule has 1 aliphatic heterocycles. The van der Waals surface area contributed by atoms with E-state index >= 15 is 0 Å². The van der Waals surface area contributed by atoms with Gasteiger partial charge < -0.3 is 10.8 Å². The summed E-state index contributed by atoms with van der Waals surface area (Å²) in [6.07, 6.45) is 8.90. The van der Waals surface area contributed by atoms with E-state index in [2.05, 4.69) is 4.90 Å². The van der Waals surface area contributed by atoms with Gasteiger partial charge in [0.15, 0.2) is 0 Å². The summed E-state index contributed by atoms with van der Waals surface area (Å²) in [4.78, 5) is 2.47. The topological polar surface area (TPSA) is 49.5 Å². The molecule has 2 aliphatic rings. The predicted octanol–water partition coefficient (Wildman–Crippen LogP) is 1.35. The zero-order valence-corrected chi connectivity index (χ0v) is 10.3. The maximum absolute atomic E-state index is 9.31. The van der Waals surface area contributed by atoms with Crippen molar-refractivity contribution in [2.45, 2.75) is 57.0 Å². The predicted molar refractivity (Wildman–Crippen MR) is 66.2 cm³/mol. The molecule has 2 fully saturated rings. The lowest BCUT2D eigenvalue weighted by Crippen LogP contribution is -2.42. The van der Waals surface area contributed by atoms with Crippen LogP contribution in [0, 0.1) is 5.92 Å². The van der Waals surface area contributed by atoms with E-state index in [1.807, 2.05) is 0 Å². The molecule has 0 radical (unpaired) electrons. The summed E-state index contributed by atoms with van der Waals surface area (Å²) >= 11 is 0. The third-order valence-electron chi connectivity index (χ3n) is 4.40. The number of aliphatic hydroxyl groups excluding tert-OH is 1. The van der Waals surface area contributed by atoms with E-state index in [0.29, 0.717) is 24.6 Å². The van der Waals surface area contributed by atoms with Gasteiger partial charge in [0.25, 0.3) is 0 Å². The Hall–Kier alpha value is -0.120. The van der Waals surface area contributed by atoms with Crippen LogP contribution in [0.1, 0.15) is 44.9 Å². The molecule has 3 unspecified atom stereocenters. The molecule has 0 bridgehead atoms. The van der Waals surface area contributed by atoms with Gasteiger partial charge in [0.05, 0.1) is 6.61 Å². The van der Waals surface area contributed by atoms with Crippen LogP contribution >= 0.6 is 0 Å². The molecule has 3 heteroatoms. The van der Waals surface area contributed by atoms with Gasteiger partial charge in [-0.25, -0.2) is 0 Å². The second-order valence-corrected chi connectivity index (χ2v) is 5.54. The van der Waals surface area contributed by atoms with E-state index in [1.165, 1.54) is 44.9 Å². The number of aliphatic hydroxyl groups is 1. The van der Waals surface area contributed by atoms with Gasteiger partial charge in [0.2, 0.25) is 0 Å². The summed E-state index contributed by atoms with van der Waals surface area (Å²) in [7, 11) is 0. The van der Waals surface area contributed by atoms with Crippen LogP contribution in [0.3, 0.4) is 0 Å². The zero-order chi connectivity index (χ0) is 11.4. The molecule has 1 saturated carbocycles. The van der Waals surface area contributed by atoms with Crippen LogP contribution in [0.15, 0.2) is 0 Å². The highest BCUT2D eigenvalue weighted by Crippen LogP contribution is 2.26. The van der Waals surface area contributed by atoms with Gasteiger partial charge in [-0.2, -0.15) is 0 Å². The van der Waals surface area contributed by atoms with Gasteiger partial charge in [0, 0.05) is 18.6 Å². The second kappa shape index (κ2) is 5.99. The van der Waals surface area contributed by atoms with Gasteiger partial charge >= 0.3 is 0 Å². The van der Waals surface area contributed by atoms with Gasteiger partial charge in [-0.3, -0.25) is 4.90 Å². The van der Waals surface area contributed by atoms with Crippen LogP contribution in [-0.4, -0.2) is 41.8 Å². The fraction of sp³-hybridized carbons (Fsp3) is 1.00. The fourth-order valence-corrected chi connectivity index (χ4v) is 3.28. The molecule has 0 spiro atoms. The van der Waals surface area contributed by atoms with Crippen molar-refractivity contribution in [2.24, 2.45) is 11.7 Å². The standard InChI is InChI=1S/C13H26N2O/c14-13-7-3-1-2-5-11(13)9-15-8-4-6-12(15)10-16/h11-13,16H,1-10,14H2. The summed E-state index contributed by atoms with van der Waals surface area (Å²) in [5, 5.41) is 9.31. The fourth-order valence-electron chi connectivity index (χ4n) is 3.28. The summed E-state index contributed by atoms with van der Waals surface area (Å²) < 4.78 is 0. The molecule has 0 amide bonds. The average molecular weight is 226 g/mol. The van der Waals surface area contributed by atoms with Crippen LogP contribution in [-0.2, 0) is 0 Å². The molecule has 1 saturated heterocycles. The highest BCUT2D eigenvalue weighted by atomic mass is 16.3. The number of rotatable bonds is 3. The SMILES string of the molecule is NC1CCCCCC1CN1CCCC1CO. The number of hydrogen-bond donors (Lipinski definition) is 2. The first kappa shape index (κ1) is 12.3. The molecule has 0 aromatic heterocycles. The van der Waals surface area contributed by atoms with E-state index in [4.69, 9.17) is 5.73 Å². The number of hydrogen-bond acceptors (Lipinski definition) is 3. The molecule has 3 N–H and O–H groups in total. The van der Waals surface area contributed by atoms with E-state index in [0.717, 1.165) is 13.1 Å². The summed E-state index contributed by atoms with van der Waals surface area (Å²) in [6, 6.07) is 0.804. The van der Waals surface area contributed by atoms with Crippen molar-refractivity contribution in [3.05, 3.63) is 0 Å². The van der Waals surface area contributed by atoms with Crippen LogP contribution in [0.4, 0.5) is 0 Å². The van der Waals surface area contributed by atoms with Crippen LogP contribution in [0.25, 0.3) is 0 Å². The van der Waals surface area contributed by atoms with Crippen molar-refractivity contribution in [2.75, 3.05) is 19.7 Å². The molecule has 1 aliphatic carbocycles. The van der Waals surface area contributed by atoms with Crippen LogP contribution in [0.2, 0.25) is 0 Å². The van der Waals surface area contributed by atoms with Crippen molar-refractivity contribution >= 4 is 0 Å². The zero-order valence-electron chi connectivity index (χ0n) is 10.3. The van der Waals surface area contributed by atoms with Crippen LogP contribution in [0.5, 0.6) is 0 Å². The number of nitrogens with two attached hydrogens (primary N) is 1.